The van der Waals surface area contributed by atoms with Crippen LogP contribution in [0, 0.1) is 20.2 Å². The van der Waals surface area contributed by atoms with Crippen LogP contribution < -0.4 is 0 Å². The van der Waals surface area contributed by atoms with Crippen molar-refractivity contribution in [1.29, 1.82) is 0 Å². The summed E-state index contributed by atoms with van der Waals surface area (Å²) in [5, 5.41) is 21.2. The van der Waals surface area contributed by atoms with Crippen LogP contribution in [0.2, 0.25) is 0 Å². The maximum absolute atomic E-state index is 10.9. The first-order valence-electron chi connectivity index (χ1n) is 5.44. The fraction of sp³-hybridized carbons (Fsp3) is 0.0769. The summed E-state index contributed by atoms with van der Waals surface area (Å²) in [5.74, 6) is 0. The highest BCUT2D eigenvalue weighted by Crippen LogP contribution is 2.21. The summed E-state index contributed by atoms with van der Waals surface area (Å²) >= 11 is 0. The van der Waals surface area contributed by atoms with E-state index in [1.54, 1.807) is 37.3 Å². The van der Waals surface area contributed by atoms with Gasteiger partial charge in [-0.15, -0.1) is 0 Å². The van der Waals surface area contributed by atoms with Crippen molar-refractivity contribution < 1.29 is 9.85 Å². The lowest BCUT2D eigenvalue weighted by molar-refractivity contribution is -0.402. The summed E-state index contributed by atoms with van der Waals surface area (Å²) in [5.41, 5.74) is 0.862. The Hall–Kier alpha value is -2.76. The summed E-state index contributed by atoms with van der Waals surface area (Å²) in [6, 6.07) is 6.21. The van der Waals surface area contributed by atoms with E-state index in [1.165, 1.54) is 18.2 Å². The molecule has 0 fully saturated rings. The molecule has 0 bridgehead atoms. The maximum atomic E-state index is 10.9. The Balaban J connectivity index is 3.22. The lowest BCUT2D eigenvalue weighted by atomic mass is 10.1. The van der Waals surface area contributed by atoms with Crippen molar-refractivity contribution in [3.05, 3.63) is 80.1 Å². The van der Waals surface area contributed by atoms with E-state index in [1.807, 2.05) is 0 Å². The fourth-order valence-electron chi connectivity index (χ4n) is 1.45. The molecule has 98 valence electrons. The molecule has 0 spiro atoms. The van der Waals surface area contributed by atoms with E-state index in [0.29, 0.717) is 11.1 Å². The minimum Gasteiger partial charge on any atom is -0.259 e. The molecule has 1 rings (SSSR count). The number of rotatable bonds is 5. The quantitative estimate of drug-likeness (QED) is 0.461. The highest BCUT2D eigenvalue weighted by molar-refractivity contribution is 5.66. The second kappa shape index (κ2) is 6.85. The lowest BCUT2D eigenvalue weighted by Gasteiger charge is -1.98. The minimum atomic E-state index is -0.587. The molecule has 1 aromatic rings. The summed E-state index contributed by atoms with van der Waals surface area (Å²) < 4.78 is 0. The molecule has 0 aliphatic heterocycles. The maximum Gasteiger partial charge on any atom is 0.276 e. The van der Waals surface area contributed by atoms with Crippen molar-refractivity contribution in [3.63, 3.8) is 0 Å². The summed E-state index contributed by atoms with van der Waals surface area (Å²) in [6.45, 7) is 1.76. The molecule has 0 aromatic heterocycles. The van der Waals surface area contributed by atoms with Crippen LogP contribution in [0.5, 0.6) is 0 Å². The van der Waals surface area contributed by atoms with Gasteiger partial charge in [0.15, 0.2) is 0 Å². The van der Waals surface area contributed by atoms with Crippen LogP contribution in [-0.2, 0) is 0 Å². The van der Waals surface area contributed by atoms with Crippen molar-refractivity contribution in [2.24, 2.45) is 0 Å². The van der Waals surface area contributed by atoms with Gasteiger partial charge in [-0.1, -0.05) is 24.3 Å². The largest absolute Gasteiger partial charge is 0.276 e. The van der Waals surface area contributed by atoms with Crippen LogP contribution in [0.1, 0.15) is 12.5 Å². The Morgan fingerprint density at radius 1 is 1.16 bits per heavy atom. The van der Waals surface area contributed by atoms with Gasteiger partial charge in [0.2, 0.25) is 6.20 Å². The summed E-state index contributed by atoms with van der Waals surface area (Å²) in [4.78, 5) is 20.1. The number of para-hydroxylation sites is 1. The van der Waals surface area contributed by atoms with Crippen molar-refractivity contribution in [1.82, 2.24) is 0 Å². The fourth-order valence-corrected chi connectivity index (χ4v) is 1.45. The summed E-state index contributed by atoms with van der Waals surface area (Å²) in [7, 11) is 0. The van der Waals surface area contributed by atoms with E-state index in [4.69, 9.17) is 0 Å². The predicted octanol–water partition coefficient (Wildman–Crippen LogP) is 3.34. The highest BCUT2D eigenvalue weighted by Gasteiger charge is 2.10. The second-order valence-corrected chi connectivity index (χ2v) is 3.56. The minimum absolute atomic E-state index is 0.0426. The van der Waals surface area contributed by atoms with Crippen LogP contribution in [0.15, 0.2) is 54.3 Å². The van der Waals surface area contributed by atoms with Crippen molar-refractivity contribution in [2.45, 2.75) is 6.92 Å². The number of hydrogen-bond acceptors (Lipinski definition) is 4. The molecule has 0 amide bonds. The van der Waals surface area contributed by atoms with Gasteiger partial charge in [0.1, 0.15) is 0 Å². The number of benzene rings is 1. The highest BCUT2D eigenvalue weighted by atomic mass is 16.6. The Kier molecular flexibility index (Phi) is 5.16. The molecule has 0 unspecified atom stereocenters. The molecule has 0 radical (unpaired) electrons. The van der Waals surface area contributed by atoms with Gasteiger partial charge in [0.05, 0.1) is 15.4 Å². The van der Waals surface area contributed by atoms with Gasteiger partial charge in [-0.3, -0.25) is 20.2 Å². The molecule has 0 heterocycles. The molecule has 0 saturated carbocycles. The molecule has 0 saturated heterocycles. The van der Waals surface area contributed by atoms with Gasteiger partial charge in [0, 0.05) is 12.1 Å². The number of nitro benzene ring substituents is 1. The number of nitrogens with zero attached hydrogens (tertiary/aromatic N) is 2. The van der Waals surface area contributed by atoms with Crippen molar-refractivity contribution in [3.8, 4) is 0 Å². The molecule has 6 nitrogen and oxygen atoms in total. The predicted molar refractivity (Wildman–Crippen MR) is 72.0 cm³/mol. The molecule has 1 aromatic carbocycles. The average molecular weight is 260 g/mol. The molecule has 0 N–H and O–H groups in total. The molecule has 0 aliphatic carbocycles. The Bertz CT molecular complexity index is 574. The van der Waals surface area contributed by atoms with Crippen molar-refractivity contribution >= 4 is 11.8 Å². The molecule has 6 heteroatoms. The molecule has 0 aliphatic rings. The van der Waals surface area contributed by atoms with Gasteiger partial charge >= 0.3 is 0 Å². The smallest absolute Gasteiger partial charge is 0.259 e. The standard InChI is InChI=1S/C13H12N2O4/c1-2-5-11(8-9-14(16)17)10-12-6-3-4-7-13(12)15(18)19/h2-10H,1H3/b5-2+,9-8+,11-10+. The third-order valence-electron chi connectivity index (χ3n) is 2.20. The van der Waals surface area contributed by atoms with E-state index in [9.17, 15) is 20.2 Å². The normalized spacial score (nSPS) is 12.2. The van der Waals surface area contributed by atoms with Gasteiger partial charge in [-0.25, -0.2) is 0 Å². The monoisotopic (exact) mass is 260 g/mol. The van der Waals surface area contributed by atoms with E-state index in [-0.39, 0.29) is 5.69 Å². The number of allylic oxidation sites excluding steroid dienone is 4. The van der Waals surface area contributed by atoms with Crippen LogP contribution in [-0.4, -0.2) is 9.85 Å². The summed E-state index contributed by atoms with van der Waals surface area (Å²) in [6.07, 6.45) is 6.94. The first-order chi connectivity index (χ1) is 9.04. The first kappa shape index (κ1) is 14.3. The Morgan fingerprint density at radius 3 is 2.42 bits per heavy atom. The third kappa shape index (κ3) is 4.55. The van der Waals surface area contributed by atoms with Gasteiger partial charge < -0.3 is 0 Å². The molecule has 19 heavy (non-hydrogen) atoms. The number of nitro groups is 2. The van der Waals surface area contributed by atoms with E-state index >= 15 is 0 Å². The molecule has 0 atom stereocenters. The zero-order valence-corrected chi connectivity index (χ0v) is 10.2. The van der Waals surface area contributed by atoms with E-state index in [0.717, 1.165) is 6.20 Å². The van der Waals surface area contributed by atoms with Gasteiger partial charge in [-0.2, -0.15) is 0 Å². The zero-order chi connectivity index (χ0) is 14.3. The molecular weight excluding hydrogens is 248 g/mol. The van der Waals surface area contributed by atoms with Crippen molar-refractivity contribution in [2.75, 3.05) is 0 Å². The van der Waals surface area contributed by atoms with E-state index < -0.39 is 9.85 Å². The van der Waals surface area contributed by atoms with E-state index in [2.05, 4.69) is 0 Å². The number of hydrogen-bond donors (Lipinski definition) is 0. The SMILES string of the molecule is C/C=C/C(/C=C/[N+](=O)[O-])=C\c1ccccc1[N+](=O)[O-]. The topological polar surface area (TPSA) is 86.3 Å². The van der Waals surface area contributed by atoms with Crippen LogP contribution in [0.25, 0.3) is 6.08 Å². The average Bonchev–Trinajstić information content (AvgIpc) is 2.36. The lowest BCUT2D eigenvalue weighted by Crippen LogP contribution is -1.91. The molecular formula is C13H12N2O4. The zero-order valence-electron chi connectivity index (χ0n) is 10.2. The van der Waals surface area contributed by atoms with Crippen LogP contribution in [0.4, 0.5) is 5.69 Å². The second-order valence-electron chi connectivity index (χ2n) is 3.56. The van der Waals surface area contributed by atoms with Gasteiger partial charge in [0.25, 0.3) is 5.69 Å². The van der Waals surface area contributed by atoms with Crippen LogP contribution >= 0.6 is 0 Å². The Morgan fingerprint density at radius 2 is 1.84 bits per heavy atom. The van der Waals surface area contributed by atoms with Crippen LogP contribution in [0.3, 0.4) is 0 Å². The van der Waals surface area contributed by atoms with Gasteiger partial charge in [-0.05, 0) is 24.6 Å². The third-order valence-corrected chi connectivity index (χ3v) is 2.20. The first-order valence-corrected chi connectivity index (χ1v) is 5.44. The Labute approximate surface area is 109 Å².